The van der Waals surface area contributed by atoms with Crippen molar-refractivity contribution in [3.63, 3.8) is 0 Å². The van der Waals surface area contributed by atoms with E-state index >= 15 is 0 Å². The second-order valence-electron chi connectivity index (χ2n) is 6.23. The van der Waals surface area contributed by atoms with Gasteiger partial charge in [-0.3, -0.25) is 0 Å². The second-order valence-corrected chi connectivity index (χ2v) is 6.23. The minimum absolute atomic E-state index is 0.165. The van der Waals surface area contributed by atoms with Gasteiger partial charge in [0.05, 0.1) is 5.69 Å². The van der Waals surface area contributed by atoms with Crippen LogP contribution in [0.15, 0.2) is 60.8 Å². The molecule has 1 aromatic heterocycles. The van der Waals surface area contributed by atoms with Gasteiger partial charge < -0.3 is 10.3 Å². The van der Waals surface area contributed by atoms with Crippen LogP contribution in [-0.2, 0) is 13.0 Å². The molecule has 1 unspecified atom stereocenters. The lowest BCUT2D eigenvalue weighted by Gasteiger charge is -2.12. The molecule has 0 saturated heterocycles. The summed E-state index contributed by atoms with van der Waals surface area (Å²) in [6.45, 7) is 2.92. The van der Waals surface area contributed by atoms with E-state index in [4.69, 9.17) is 5.73 Å². The molecule has 0 bridgehead atoms. The Balaban J connectivity index is 1.82. The molecule has 1 aliphatic rings. The van der Waals surface area contributed by atoms with E-state index in [0.29, 0.717) is 0 Å². The summed E-state index contributed by atoms with van der Waals surface area (Å²) in [7, 11) is 0. The maximum Gasteiger partial charge on any atom is 0.0519 e. The van der Waals surface area contributed by atoms with E-state index in [1.54, 1.807) is 0 Å². The minimum Gasteiger partial charge on any atom is -0.346 e. The Bertz CT molecular complexity index is 813. The molecule has 22 heavy (non-hydrogen) atoms. The molecule has 1 heterocycles. The zero-order valence-electron chi connectivity index (χ0n) is 12.8. The second kappa shape index (κ2) is 5.15. The lowest BCUT2D eigenvalue weighted by atomic mass is 10.00. The zero-order valence-corrected chi connectivity index (χ0v) is 12.8. The van der Waals surface area contributed by atoms with Crippen molar-refractivity contribution in [2.24, 2.45) is 5.73 Å². The molecule has 3 aromatic rings. The van der Waals surface area contributed by atoms with Gasteiger partial charge in [0.1, 0.15) is 0 Å². The molecule has 1 aliphatic carbocycles. The number of fused-ring (bicyclic) bond motifs is 3. The van der Waals surface area contributed by atoms with E-state index < -0.39 is 0 Å². The van der Waals surface area contributed by atoms with Gasteiger partial charge >= 0.3 is 0 Å². The quantitative estimate of drug-likeness (QED) is 0.605. The molecule has 0 aliphatic heterocycles. The molecule has 0 amide bonds. The summed E-state index contributed by atoms with van der Waals surface area (Å²) in [6, 6.07) is 19.8. The van der Waals surface area contributed by atoms with Crippen LogP contribution in [-0.4, -0.2) is 10.6 Å². The topological polar surface area (TPSA) is 30.9 Å². The molecule has 0 spiro atoms. The van der Waals surface area contributed by atoms with Gasteiger partial charge in [0.25, 0.3) is 0 Å². The van der Waals surface area contributed by atoms with Crippen LogP contribution >= 0.6 is 0 Å². The van der Waals surface area contributed by atoms with E-state index in [-0.39, 0.29) is 6.04 Å². The highest BCUT2D eigenvalue weighted by Gasteiger charge is 2.22. The first-order valence-electron chi connectivity index (χ1n) is 7.84. The van der Waals surface area contributed by atoms with Crippen LogP contribution in [0.5, 0.6) is 0 Å². The highest BCUT2D eigenvalue weighted by Crippen LogP contribution is 2.39. The van der Waals surface area contributed by atoms with Crippen molar-refractivity contribution in [3.05, 3.63) is 71.9 Å². The summed E-state index contributed by atoms with van der Waals surface area (Å²) in [5.41, 5.74) is 14.1. The van der Waals surface area contributed by atoms with Crippen LogP contribution in [0, 0.1) is 0 Å². The Morgan fingerprint density at radius 1 is 1.00 bits per heavy atom. The molecule has 1 atom stereocenters. The van der Waals surface area contributed by atoms with Gasteiger partial charge in [-0.2, -0.15) is 0 Å². The molecular formula is C20H20N2. The Morgan fingerprint density at radius 2 is 1.82 bits per heavy atom. The highest BCUT2D eigenvalue weighted by molar-refractivity contribution is 5.79. The summed E-state index contributed by atoms with van der Waals surface area (Å²) >= 11 is 0. The molecule has 0 fully saturated rings. The van der Waals surface area contributed by atoms with E-state index in [1.807, 2.05) is 0 Å². The van der Waals surface area contributed by atoms with E-state index in [1.165, 1.54) is 33.5 Å². The molecule has 110 valence electrons. The van der Waals surface area contributed by atoms with E-state index in [0.717, 1.165) is 13.0 Å². The smallest absolute Gasteiger partial charge is 0.0519 e. The van der Waals surface area contributed by atoms with Crippen molar-refractivity contribution >= 4 is 0 Å². The average Bonchev–Trinajstić information content (AvgIpc) is 3.07. The first-order valence-corrected chi connectivity index (χ1v) is 7.84. The van der Waals surface area contributed by atoms with Crippen LogP contribution in [0.3, 0.4) is 0 Å². The van der Waals surface area contributed by atoms with Crippen LogP contribution in [0.4, 0.5) is 0 Å². The number of rotatable bonds is 3. The van der Waals surface area contributed by atoms with Crippen molar-refractivity contribution in [1.29, 1.82) is 0 Å². The first kappa shape index (κ1) is 13.4. The summed E-state index contributed by atoms with van der Waals surface area (Å²) in [5.74, 6) is 0. The Hall–Kier alpha value is -2.32. The minimum atomic E-state index is 0.165. The van der Waals surface area contributed by atoms with Gasteiger partial charge in [0.2, 0.25) is 0 Å². The predicted octanol–water partition coefficient (Wildman–Crippen LogP) is 4.07. The Morgan fingerprint density at radius 3 is 2.59 bits per heavy atom. The van der Waals surface area contributed by atoms with Gasteiger partial charge in [-0.05, 0) is 41.3 Å². The monoisotopic (exact) mass is 288 g/mol. The molecule has 0 saturated carbocycles. The fraction of sp³-hybridized carbons (Fsp3) is 0.200. The standard InChI is InChI=1S/C20H20N2/c1-14(21)13-22-10-9-18-11-17-8-7-16(12-19(17)20(18)22)15-5-3-2-4-6-15/h2-10,12,14H,11,13,21H2,1H3. The van der Waals surface area contributed by atoms with Crippen molar-refractivity contribution in [2.45, 2.75) is 25.9 Å². The van der Waals surface area contributed by atoms with Gasteiger partial charge in [-0.25, -0.2) is 0 Å². The van der Waals surface area contributed by atoms with Crippen molar-refractivity contribution in [2.75, 3.05) is 0 Å². The van der Waals surface area contributed by atoms with Crippen LogP contribution in [0.1, 0.15) is 18.1 Å². The first-order chi connectivity index (χ1) is 10.7. The molecule has 2 N–H and O–H groups in total. The third-order valence-corrected chi connectivity index (χ3v) is 4.38. The number of nitrogens with zero attached hydrogens (tertiary/aromatic N) is 1. The summed E-state index contributed by atoms with van der Waals surface area (Å²) in [6.07, 6.45) is 3.21. The van der Waals surface area contributed by atoms with E-state index in [2.05, 4.69) is 72.3 Å². The van der Waals surface area contributed by atoms with Crippen LogP contribution in [0.2, 0.25) is 0 Å². The predicted molar refractivity (Wildman–Crippen MR) is 91.8 cm³/mol. The molecular weight excluding hydrogens is 268 g/mol. The molecule has 2 heteroatoms. The zero-order chi connectivity index (χ0) is 15.1. The molecule has 0 radical (unpaired) electrons. The van der Waals surface area contributed by atoms with Crippen molar-refractivity contribution in [3.8, 4) is 22.4 Å². The van der Waals surface area contributed by atoms with Gasteiger partial charge in [0, 0.05) is 30.8 Å². The van der Waals surface area contributed by atoms with Gasteiger partial charge in [-0.1, -0.05) is 42.5 Å². The molecule has 2 aromatic carbocycles. The van der Waals surface area contributed by atoms with Crippen LogP contribution < -0.4 is 5.73 Å². The van der Waals surface area contributed by atoms with Crippen LogP contribution in [0.25, 0.3) is 22.4 Å². The lowest BCUT2D eigenvalue weighted by molar-refractivity contribution is 0.596. The Kier molecular flexibility index (Phi) is 3.12. The normalized spacial score (nSPS) is 13.7. The van der Waals surface area contributed by atoms with Crippen molar-refractivity contribution < 1.29 is 0 Å². The number of benzene rings is 2. The number of aromatic nitrogens is 1. The van der Waals surface area contributed by atoms with Gasteiger partial charge in [0.15, 0.2) is 0 Å². The maximum absolute atomic E-state index is 6.00. The highest BCUT2D eigenvalue weighted by atomic mass is 15.0. The van der Waals surface area contributed by atoms with E-state index in [9.17, 15) is 0 Å². The third kappa shape index (κ3) is 2.16. The third-order valence-electron chi connectivity index (χ3n) is 4.38. The SMILES string of the molecule is CC(N)Cn1ccc2c1-c1cc(-c3ccccc3)ccc1C2. The number of hydrogen-bond donors (Lipinski definition) is 1. The lowest BCUT2D eigenvalue weighted by Crippen LogP contribution is -2.22. The van der Waals surface area contributed by atoms with Crippen molar-refractivity contribution in [1.82, 2.24) is 4.57 Å². The molecule has 2 nitrogen and oxygen atoms in total. The summed E-state index contributed by atoms with van der Waals surface area (Å²) in [5, 5.41) is 0. The summed E-state index contributed by atoms with van der Waals surface area (Å²) in [4.78, 5) is 0. The van der Waals surface area contributed by atoms with Gasteiger partial charge in [-0.15, -0.1) is 0 Å². The fourth-order valence-electron chi connectivity index (χ4n) is 3.42. The summed E-state index contributed by atoms with van der Waals surface area (Å²) < 4.78 is 2.31. The fourth-order valence-corrected chi connectivity index (χ4v) is 3.42. The largest absolute Gasteiger partial charge is 0.346 e. The Labute approximate surface area is 131 Å². The average molecular weight is 288 g/mol. The maximum atomic E-state index is 6.00. The number of hydrogen-bond acceptors (Lipinski definition) is 1. The number of nitrogens with two attached hydrogens (primary N) is 1. The molecule has 4 rings (SSSR count).